The average Bonchev–Trinajstić information content (AvgIpc) is 3.33. The van der Waals surface area contributed by atoms with Crippen LogP contribution in [0.3, 0.4) is 0 Å². The Labute approximate surface area is 159 Å². The van der Waals surface area contributed by atoms with Gasteiger partial charge < -0.3 is 9.47 Å². The van der Waals surface area contributed by atoms with Gasteiger partial charge in [-0.25, -0.2) is 4.98 Å². The zero-order valence-electron chi connectivity index (χ0n) is 14.8. The largest absolute Gasteiger partial charge is 0.465 e. The smallest absolute Gasteiger partial charge is 0.316 e. The van der Waals surface area contributed by atoms with Gasteiger partial charge in [-0.05, 0) is 44.6 Å². The predicted octanol–water partition coefficient (Wildman–Crippen LogP) is 2.78. The number of aromatic nitrogens is 2. The van der Waals surface area contributed by atoms with Crippen LogP contribution < -0.4 is 5.56 Å². The number of thioether (sulfide) groups is 1. The molecule has 8 heteroatoms. The molecule has 0 aromatic carbocycles. The number of nitrogens with zero attached hydrogens (tertiary/aromatic N) is 2. The highest BCUT2D eigenvalue weighted by atomic mass is 32.2. The summed E-state index contributed by atoms with van der Waals surface area (Å²) in [5, 5.41) is 1.37. The molecule has 2 aromatic heterocycles. The standard InChI is InChI=1S/C18H22N2O4S2/c1-2-23-14(21)10-25-18-19-16-15(12-6-3-7-13(12)26-16)17(22)20(18)9-11-5-4-8-24-11/h11H,2-10H2,1H3/t11-/m0/s1. The van der Waals surface area contributed by atoms with Gasteiger partial charge in [0.25, 0.3) is 5.56 Å². The first-order valence-corrected chi connectivity index (χ1v) is 10.9. The molecule has 26 heavy (non-hydrogen) atoms. The zero-order valence-corrected chi connectivity index (χ0v) is 16.4. The first kappa shape index (κ1) is 18.0. The third kappa shape index (κ3) is 3.42. The molecular weight excluding hydrogens is 372 g/mol. The number of fused-ring (bicyclic) bond motifs is 3. The van der Waals surface area contributed by atoms with Crippen molar-refractivity contribution < 1.29 is 14.3 Å². The number of carbonyl (C=O) groups excluding carboxylic acids is 1. The second kappa shape index (κ2) is 7.70. The maximum absolute atomic E-state index is 13.3. The third-order valence-electron chi connectivity index (χ3n) is 4.82. The molecular formula is C18H22N2O4S2. The lowest BCUT2D eigenvalue weighted by molar-refractivity contribution is -0.139. The molecule has 3 heterocycles. The number of carbonyl (C=O) groups is 1. The van der Waals surface area contributed by atoms with Crippen molar-refractivity contribution in [1.82, 2.24) is 9.55 Å². The summed E-state index contributed by atoms with van der Waals surface area (Å²) >= 11 is 2.90. The minimum atomic E-state index is -0.288. The molecule has 1 saturated heterocycles. The minimum Gasteiger partial charge on any atom is -0.465 e. The van der Waals surface area contributed by atoms with Crippen LogP contribution in [-0.2, 0) is 33.7 Å². The van der Waals surface area contributed by atoms with Crippen LogP contribution in [-0.4, -0.2) is 40.6 Å². The number of hydrogen-bond acceptors (Lipinski definition) is 7. The Morgan fingerprint density at radius 1 is 1.42 bits per heavy atom. The molecule has 1 atom stereocenters. The van der Waals surface area contributed by atoms with Gasteiger partial charge >= 0.3 is 5.97 Å². The lowest BCUT2D eigenvalue weighted by atomic mass is 10.2. The van der Waals surface area contributed by atoms with Crippen molar-refractivity contribution in [3.8, 4) is 0 Å². The van der Waals surface area contributed by atoms with Crippen LogP contribution in [0.1, 0.15) is 36.6 Å². The second-order valence-electron chi connectivity index (χ2n) is 6.58. The molecule has 2 aliphatic rings. The van der Waals surface area contributed by atoms with E-state index >= 15 is 0 Å². The summed E-state index contributed by atoms with van der Waals surface area (Å²) in [7, 11) is 0. The Balaban J connectivity index is 1.72. The summed E-state index contributed by atoms with van der Waals surface area (Å²) in [5.74, 6) is -0.133. The van der Waals surface area contributed by atoms with E-state index in [0.29, 0.717) is 18.3 Å². The molecule has 0 radical (unpaired) electrons. The Bertz CT molecular complexity index is 883. The van der Waals surface area contributed by atoms with E-state index in [1.165, 1.54) is 22.2 Å². The van der Waals surface area contributed by atoms with Gasteiger partial charge in [0.15, 0.2) is 5.16 Å². The Kier molecular flexibility index (Phi) is 5.33. The van der Waals surface area contributed by atoms with Crippen molar-refractivity contribution in [3.05, 3.63) is 20.8 Å². The quantitative estimate of drug-likeness (QED) is 0.426. The highest BCUT2D eigenvalue weighted by Crippen LogP contribution is 2.35. The molecule has 6 nitrogen and oxygen atoms in total. The molecule has 0 unspecified atom stereocenters. The Morgan fingerprint density at radius 3 is 3.08 bits per heavy atom. The molecule has 0 N–H and O–H groups in total. The van der Waals surface area contributed by atoms with Gasteiger partial charge in [-0.3, -0.25) is 14.2 Å². The number of ether oxygens (including phenoxy) is 2. The fourth-order valence-electron chi connectivity index (χ4n) is 3.65. The summed E-state index contributed by atoms with van der Waals surface area (Å²) in [6, 6.07) is 0. The molecule has 0 spiro atoms. The molecule has 4 rings (SSSR count). The molecule has 0 saturated carbocycles. The van der Waals surface area contributed by atoms with Crippen molar-refractivity contribution in [3.63, 3.8) is 0 Å². The topological polar surface area (TPSA) is 70.4 Å². The van der Waals surface area contributed by atoms with E-state index in [-0.39, 0.29) is 23.4 Å². The van der Waals surface area contributed by atoms with Gasteiger partial charge in [0.05, 0.1) is 30.4 Å². The molecule has 2 aromatic rings. The van der Waals surface area contributed by atoms with E-state index in [1.54, 1.807) is 22.8 Å². The van der Waals surface area contributed by atoms with Crippen LogP contribution in [0.15, 0.2) is 9.95 Å². The molecule has 1 fully saturated rings. The predicted molar refractivity (Wildman–Crippen MR) is 102 cm³/mol. The van der Waals surface area contributed by atoms with Crippen LogP contribution in [0.5, 0.6) is 0 Å². The highest BCUT2D eigenvalue weighted by Gasteiger charge is 2.25. The number of esters is 1. The van der Waals surface area contributed by atoms with Crippen LogP contribution in [0.4, 0.5) is 0 Å². The van der Waals surface area contributed by atoms with Gasteiger partial charge in [-0.2, -0.15) is 0 Å². The summed E-state index contributed by atoms with van der Waals surface area (Å²) in [4.78, 5) is 31.9. The van der Waals surface area contributed by atoms with Crippen molar-refractivity contribution in [2.75, 3.05) is 19.0 Å². The van der Waals surface area contributed by atoms with Crippen molar-refractivity contribution in [1.29, 1.82) is 0 Å². The summed E-state index contributed by atoms with van der Waals surface area (Å²) in [6.45, 7) is 3.38. The summed E-state index contributed by atoms with van der Waals surface area (Å²) < 4.78 is 12.5. The number of thiophene rings is 1. The highest BCUT2D eigenvalue weighted by molar-refractivity contribution is 7.99. The fraction of sp³-hybridized carbons (Fsp3) is 0.611. The Hall–Kier alpha value is -1.38. The first-order valence-electron chi connectivity index (χ1n) is 9.12. The van der Waals surface area contributed by atoms with Crippen LogP contribution in [0.25, 0.3) is 10.2 Å². The fourth-order valence-corrected chi connectivity index (χ4v) is 5.76. The van der Waals surface area contributed by atoms with Gasteiger partial charge in [0.2, 0.25) is 0 Å². The van der Waals surface area contributed by atoms with E-state index in [9.17, 15) is 9.59 Å². The molecule has 0 bridgehead atoms. The van der Waals surface area contributed by atoms with Crippen molar-refractivity contribution >= 4 is 39.3 Å². The zero-order chi connectivity index (χ0) is 18.1. The molecule has 1 aliphatic heterocycles. The Morgan fingerprint density at radius 2 is 2.31 bits per heavy atom. The van der Waals surface area contributed by atoms with E-state index in [1.807, 2.05) is 0 Å². The van der Waals surface area contributed by atoms with Crippen molar-refractivity contribution in [2.45, 2.75) is 56.8 Å². The van der Waals surface area contributed by atoms with Crippen molar-refractivity contribution in [2.24, 2.45) is 0 Å². The van der Waals surface area contributed by atoms with Gasteiger partial charge in [-0.1, -0.05) is 11.8 Å². The van der Waals surface area contributed by atoms with E-state index in [2.05, 4.69) is 0 Å². The summed E-state index contributed by atoms with van der Waals surface area (Å²) in [6.07, 6.45) is 5.12. The molecule has 0 amide bonds. The monoisotopic (exact) mass is 394 g/mol. The number of rotatable bonds is 6. The third-order valence-corrected chi connectivity index (χ3v) is 6.96. The van der Waals surface area contributed by atoms with Gasteiger partial charge in [0.1, 0.15) is 4.83 Å². The first-order chi connectivity index (χ1) is 12.7. The minimum absolute atomic E-state index is 0.0104. The molecule has 1 aliphatic carbocycles. The lowest BCUT2D eigenvalue weighted by Crippen LogP contribution is -2.29. The lowest BCUT2D eigenvalue weighted by Gasteiger charge is -2.15. The van der Waals surface area contributed by atoms with Crippen LogP contribution in [0.2, 0.25) is 0 Å². The maximum Gasteiger partial charge on any atom is 0.316 e. The molecule has 140 valence electrons. The summed E-state index contributed by atoms with van der Waals surface area (Å²) in [5.41, 5.74) is 1.20. The number of aryl methyl sites for hydroxylation is 2. The normalized spacial score (nSPS) is 19.2. The van der Waals surface area contributed by atoms with Gasteiger partial charge in [0, 0.05) is 11.5 Å². The van der Waals surface area contributed by atoms with Crippen LogP contribution >= 0.6 is 23.1 Å². The van der Waals surface area contributed by atoms with E-state index in [0.717, 1.165) is 48.9 Å². The SMILES string of the molecule is CCOC(=O)CSc1nc2sc3c(c2c(=O)n1C[C@@H]1CCCO1)CCC3. The van der Waals surface area contributed by atoms with Gasteiger partial charge in [-0.15, -0.1) is 11.3 Å². The maximum atomic E-state index is 13.3. The number of hydrogen-bond donors (Lipinski definition) is 0. The second-order valence-corrected chi connectivity index (χ2v) is 8.60. The van der Waals surface area contributed by atoms with E-state index in [4.69, 9.17) is 14.5 Å². The average molecular weight is 395 g/mol. The van der Waals surface area contributed by atoms with E-state index < -0.39 is 0 Å². The van der Waals surface area contributed by atoms with Crippen LogP contribution in [0, 0.1) is 0 Å².